The molecule has 0 radical (unpaired) electrons. The van der Waals surface area contributed by atoms with E-state index in [1.807, 2.05) is 30.3 Å². The van der Waals surface area contributed by atoms with Crippen molar-refractivity contribution in [3.8, 4) is 16.9 Å². The number of hydrogen-bond donors (Lipinski definition) is 1. The van der Waals surface area contributed by atoms with Crippen molar-refractivity contribution in [1.82, 2.24) is 10.2 Å². The number of benzene rings is 3. The van der Waals surface area contributed by atoms with E-state index >= 15 is 0 Å². The highest BCUT2D eigenvalue weighted by Gasteiger charge is 2.41. The lowest BCUT2D eigenvalue weighted by atomic mass is 9.76. The minimum atomic E-state index is -4.34. The van der Waals surface area contributed by atoms with E-state index in [-0.39, 0.29) is 16.4 Å². The Kier molecular flexibility index (Phi) is 10.9. The molecule has 3 aliphatic heterocycles. The van der Waals surface area contributed by atoms with Crippen LogP contribution in [0.3, 0.4) is 0 Å². The number of rotatable bonds is 7. The van der Waals surface area contributed by atoms with Gasteiger partial charge >= 0.3 is 6.18 Å². The summed E-state index contributed by atoms with van der Waals surface area (Å²) in [5, 5.41) is 3.84. The summed E-state index contributed by atoms with van der Waals surface area (Å²) >= 11 is 0. The topological polar surface area (TPSA) is 119 Å². The lowest BCUT2D eigenvalue weighted by Gasteiger charge is -2.51. The summed E-state index contributed by atoms with van der Waals surface area (Å²) in [6, 6.07) is 22.5. The Morgan fingerprint density at radius 1 is 0.868 bits per heavy atom. The number of alkyl halides is 3. The van der Waals surface area contributed by atoms with Crippen LogP contribution in [0, 0.1) is 5.92 Å². The van der Waals surface area contributed by atoms with Crippen LogP contribution in [-0.2, 0) is 19.1 Å². The molecule has 3 saturated heterocycles. The summed E-state index contributed by atoms with van der Waals surface area (Å²) in [7, 11) is 1.71. The van der Waals surface area contributed by atoms with Crippen LogP contribution in [0.5, 0.6) is 5.75 Å². The monoisotopic (exact) mass is 534 g/mol. The minimum absolute atomic E-state index is 0. The van der Waals surface area contributed by atoms with Crippen LogP contribution in [0.15, 0.2) is 72.8 Å². The molecule has 3 aromatic carbocycles. The third-order valence-electron chi connectivity index (χ3n) is 7.61. The Labute approximate surface area is 221 Å². The van der Waals surface area contributed by atoms with E-state index in [1.54, 1.807) is 13.2 Å². The highest BCUT2D eigenvalue weighted by atomic mass is 19.4. The first-order valence-corrected chi connectivity index (χ1v) is 12.3. The normalized spacial score (nSPS) is 22.0. The Bertz CT molecular complexity index is 1150. The lowest BCUT2D eigenvalue weighted by molar-refractivity contribution is -0.137. The van der Waals surface area contributed by atoms with Gasteiger partial charge in [0.2, 0.25) is 0 Å². The number of hydrogen-bond acceptors (Lipinski definition) is 3. The first kappa shape index (κ1) is 31.3. The van der Waals surface area contributed by atoms with Crippen molar-refractivity contribution >= 4 is 0 Å². The zero-order valence-electron chi connectivity index (χ0n) is 21.4. The number of para-hydroxylation sites is 1. The summed E-state index contributed by atoms with van der Waals surface area (Å²) in [4.78, 5) is 2.60. The van der Waals surface area contributed by atoms with Crippen molar-refractivity contribution in [2.45, 2.75) is 44.1 Å². The van der Waals surface area contributed by atoms with Crippen LogP contribution in [0.4, 0.5) is 13.2 Å². The van der Waals surface area contributed by atoms with Crippen LogP contribution < -0.4 is 10.1 Å². The van der Waals surface area contributed by atoms with E-state index in [4.69, 9.17) is 4.74 Å². The molecular weight excluding hydrogens is 497 g/mol. The largest absolute Gasteiger partial charge is 0.496 e. The second kappa shape index (κ2) is 13.2. The second-order valence-electron chi connectivity index (χ2n) is 9.64. The fourth-order valence-corrected chi connectivity index (χ4v) is 5.74. The van der Waals surface area contributed by atoms with Gasteiger partial charge in [0.15, 0.2) is 0 Å². The average Bonchev–Trinajstić information content (AvgIpc) is 2.89. The Morgan fingerprint density at radius 3 is 2.21 bits per heavy atom. The Hall–Kier alpha value is -2.95. The summed E-state index contributed by atoms with van der Waals surface area (Å²) < 4.78 is 44.9. The van der Waals surface area contributed by atoms with E-state index < -0.39 is 11.7 Å². The predicted molar refractivity (Wildman–Crippen MR) is 143 cm³/mol. The highest BCUT2D eigenvalue weighted by Crippen LogP contribution is 2.35. The zero-order valence-corrected chi connectivity index (χ0v) is 21.4. The Morgan fingerprint density at radius 2 is 1.55 bits per heavy atom. The van der Waals surface area contributed by atoms with Gasteiger partial charge in [-0.05, 0) is 73.2 Å². The molecule has 3 fully saturated rings. The van der Waals surface area contributed by atoms with Gasteiger partial charge in [0.05, 0.1) is 12.7 Å². The number of nitrogens with one attached hydrogen (secondary N) is 1. The molecule has 2 unspecified atom stereocenters. The molecule has 3 heterocycles. The smallest absolute Gasteiger partial charge is 0.416 e. The molecule has 38 heavy (non-hydrogen) atoms. The van der Waals surface area contributed by atoms with Crippen LogP contribution in [0.25, 0.3) is 11.1 Å². The second-order valence-corrected chi connectivity index (χ2v) is 9.64. The molecule has 208 valence electrons. The molecule has 3 aromatic rings. The van der Waals surface area contributed by atoms with Gasteiger partial charge in [0.25, 0.3) is 0 Å². The van der Waals surface area contributed by atoms with Gasteiger partial charge in [0, 0.05) is 24.2 Å². The quantitative estimate of drug-likeness (QED) is 0.498. The van der Waals surface area contributed by atoms with E-state index in [1.165, 1.54) is 30.5 Å². The SMILES string of the molecule is COc1ccccc1CNC1C2CCN(CC2)C1Cc1ccc(-c2cccc(C(F)(F)F)c2)cc1.O.O.O. The maximum absolute atomic E-state index is 13.1. The number of ether oxygens (including phenoxy) is 1. The predicted octanol–water partition coefficient (Wildman–Crippen LogP) is 3.70. The van der Waals surface area contributed by atoms with Crippen LogP contribution in [0.2, 0.25) is 0 Å². The molecule has 0 amide bonds. The van der Waals surface area contributed by atoms with Gasteiger partial charge in [-0.25, -0.2) is 0 Å². The summed E-state index contributed by atoms with van der Waals surface area (Å²) in [5.41, 5.74) is 3.14. The van der Waals surface area contributed by atoms with E-state index in [0.717, 1.165) is 49.0 Å². The number of piperidine rings is 3. The molecule has 6 nitrogen and oxygen atoms in total. The highest BCUT2D eigenvalue weighted by molar-refractivity contribution is 5.64. The van der Waals surface area contributed by atoms with Crippen molar-refractivity contribution in [1.29, 1.82) is 0 Å². The maximum atomic E-state index is 13.1. The minimum Gasteiger partial charge on any atom is -0.496 e. The third-order valence-corrected chi connectivity index (χ3v) is 7.61. The van der Waals surface area contributed by atoms with Gasteiger partial charge < -0.3 is 26.5 Å². The number of halogens is 3. The molecule has 9 heteroatoms. The number of nitrogens with zero attached hydrogens (tertiary/aromatic N) is 1. The standard InChI is InChI=1S/C29H31F3N2O.3H2O/c1-35-27-8-3-2-5-24(27)19-33-28-22-13-15-34(16-14-22)26(28)17-20-9-11-21(12-10-20)23-6-4-7-25(18-23)29(30,31)32;;;/h2-12,18,22,26,28,33H,13-17,19H2,1H3;3*1H2. The van der Waals surface area contributed by atoms with Gasteiger partial charge in [-0.1, -0.05) is 54.6 Å². The van der Waals surface area contributed by atoms with Crippen molar-refractivity contribution in [3.05, 3.63) is 89.5 Å². The van der Waals surface area contributed by atoms with Crippen LogP contribution in [0.1, 0.15) is 29.5 Å². The molecule has 2 bridgehead atoms. The van der Waals surface area contributed by atoms with E-state index in [2.05, 4.69) is 28.4 Å². The molecule has 2 atom stereocenters. The molecule has 6 rings (SSSR count). The van der Waals surface area contributed by atoms with E-state index in [9.17, 15) is 13.2 Å². The molecule has 0 saturated carbocycles. The summed E-state index contributed by atoms with van der Waals surface area (Å²) in [5.74, 6) is 1.56. The van der Waals surface area contributed by atoms with E-state index in [0.29, 0.717) is 23.6 Å². The average molecular weight is 535 g/mol. The first-order chi connectivity index (χ1) is 16.9. The third kappa shape index (κ3) is 6.73. The van der Waals surface area contributed by atoms with Crippen LogP contribution >= 0.6 is 0 Å². The van der Waals surface area contributed by atoms with Crippen molar-refractivity contribution < 1.29 is 34.3 Å². The Balaban J connectivity index is 0.00000169. The molecule has 0 aromatic heterocycles. The van der Waals surface area contributed by atoms with Crippen molar-refractivity contribution in [2.24, 2.45) is 5.92 Å². The number of fused-ring (bicyclic) bond motifs is 3. The fourth-order valence-electron chi connectivity index (χ4n) is 5.74. The van der Waals surface area contributed by atoms with Gasteiger partial charge in [-0.3, -0.25) is 4.90 Å². The molecule has 0 spiro atoms. The lowest BCUT2D eigenvalue weighted by Crippen LogP contribution is -2.63. The first-order valence-electron chi connectivity index (χ1n) is 12.3. The zero-order chi connectivity index (χ0) is 24.4. The van der Waals surface area contributed by atoms with Crippen LogP contribution in [-0.4, -0.2) is 53.6 Å². The van der Waals surface area contributed by atoms with Gasteiger partial charge in [0.1, 0.15) is 5.75 Å². The number of methoxy groups -OCH3 is 1. The fraction of sp³-hybridized carbons (Fsp3) is 0.379. The van der Waals surface area contributed by atoms with Gasteiger partial charge in [-0.15, -0.1) is 0 Å². The summed E-state index contributed by atoms with van der Waals surface area (Å²) in [6.07, 6.45) is -0.984. The molecule has 3 aliphatic rings. The molecule has 7 N–H and O–H groups in total. The van der Waals surface area contributed by atoms with Crippen molar-refractivity contribution in [3.63, 3.8) is 0 Å². The summed E-state index contributed by atoms with van der Waals surface area (Å²) in [6.45, 7) is 3.03. The molecular formula is C29H37F3N2O4. The maximum Gasteiger partial charge on any atom is 0.416 e. The molecule has 0 aliphatic carbocycles. The van der Waals surface area contributed by atoms with Gasteiger partial charge in [-0.2, -0.15) is 13.2 Å². The van der Waals surface area contributed by atoms with Crippen molar-refractivity contribution in [2.75, 3.05) is 20.2 Å².